The quantitative estimate of drug-likeness (QED) is 0.305. The molecule has 0 bridgehead atoms. The number of imidazole rings is 1. The summed E-state index contributed by atoms with van der Waals surface area (Å²) in [6, 6.07) is 8.11. The molecule has 0 saturated carbocycles. The van der Waals surface area contributed by atoms with Gasteiger partial charge in [-0.05, 0) is 43.4 Å². The maximum Gasteiger partial charge on any atom is 0.255 e. The van der Waals surface area contributed by atoms with Gasteiger partial charge in [0.15, 0.2) is 12.6 Å². The number of ether oxygens (including phenoxy) is 1. The number of carbonyl (C=O) groups is 1. The molecule has 170 valence electrons. The fourth-order valence-corrected chi connectivity index (χ4v) is 3.72. The van der Waals surface area contributed by atoms with Gasteiger partial charge in [0, 0.05) is 38.6 Å². The van der Waals surface area contributed by atoms with E-state index in [0.717, 1.165) is 38.4 Å². The molecule has 0 aliphatic carbocycles. The molecule has 1 aromatic carbocycles. The van der Waals surface area contributed by atoms with Gasteiger partial charge in [0.05, 0.1) is 12.4 Å². The first-order chi connectivity index (χ1) is 14.6. The summed E-state index contributed by atoms with van der Waals surface area (Å²) in [6.07, 6.45) is 7.76. The number of halogens is 1. The number of carbonyl (C=O) groups excluding carboxylic acids is 1. The van der Waals surface area contributed by atoms with Gasteiger partial charge in [-0.2, -0.15) is 0 Å². The number of hydrogen-bond donors (Lipinski definition) is 2. The van der Waals surface area contributed by atoms with Crippen molar-refractivity contribution in [3.63, 3.8) is 0 Å². The van der Waals surface area contributed by atoms with Crippen LogP contribution in [0.15, 0.2) is 48.0 Å². The molecule has 8 nitrogen and oxygen atoms in total. The predicted molar refractivity (Wildman–Crippen MR) is 133 cm³/mol. The van der Waals surface area contributed by atoms with Crippen LogP contribution in [0.4, 0.5) is 0 Å². The van der Waals surface area contributed by atoms with Gasteiger partial charge in [-0.25, -0.2) is 4.98 Å². The Morgan fingerprint density at radius 1 is 1.35 bits per heavy atom. The first-order valence-corrected chi connectivity index (χ1v) is 10.6. The van der Waals surface area contributed by atoms with Gasteiger partial charge in [0.2, 0.25) is 0 Å². The van der Waals surface area contributed by atoms with E-state index in [1.165, 1.54) is 5.56 Å². The zero-order chi connectivity index (χ0) is 21.3. The van der Waals surface area contributed by atoms with Crippen molar-refractivity contribution in [2.45, 2.75) is 32.7 Å². The maximum absolute atomic E-state index is 10.8. The van der Waals surface area contributed by atoms with E-state index in [9.17, 15) is 4.79 Å². The van der Waals surface area contributed by atoms with Crippen LogP contribution in [-0.4, -0.2) is 59.1 Å². The minimum Gasteiger partial charge on any atom is -0.484 e. The lowest BCUT2D eigenvalue weighted by atomic mass is 9.93. The average molecular weight is 540 g/mol. The lowest BCUT2D eigenvalue weighted by molar-refractivity contribution is -0.119. The molecule has 0 spiro atoms. The summed E-state index contributed by atoms with van der Waals surface area (Å²) in [7, 11) is 0. The van der Waals surface area contributed by atoms with Crippen LogP contribution in [0.5, 0.6) is 5.75 Å². The van der Waals surface area contributed by atoms with E-state index in [4.69, 9.17) is 15.5 Å². The van der Waals surface area contributed by atoms with Crippen LogP contribution in [0.2, 0.25) is 0 Å². The molecule has 2 unspecified atom stereocenters. The molecule has 1 fully saturated rings. The second-order valence-electron chi connectivity index (χ2n) is 7.67. The van der Waals surface area contributed by atoms with Crippen LogP contribution in [0, 0.1) is 5.92 Å². The van der Waals surface area contributed by atoms with E-state index in [1.807, 2.05) is 43.0 Å². The molecule has 9 heteroatoms. The molecule has 3 rings (SSSR count). The molecule has 3 N–H and O–H groups in total. The Labute approximate surface area is 201 Å². The van der Waals surface area contributed by atoms with Gasteiger partial charge in [-0.15, -0.1) is 24.0 Å². The highest BCUT2D eigenvalue weighted by atomic mass is 127. The number of benzene rings is 1. The topological polar surface area (TPSA) is 97.8 Å². The first-order valence-electron chi connectivity index (χ1n) is 10.6. The highest BCUT2D eigenvalue weighted by molar-refractivity contribution is 14.0. The second kappa shape index (κ2) is 12.5. The van der Waals surface area contributed by atoms with Gasteiger partial charge in [-0.1, -0.05) is 19.1 Å². The maximum atomic E-state index is 10.8. The van der Waals surface area contributed by atoms with Gasteiger partial charge in [0.1, 0.15) is 5.75 Å². The van der Waals surface area contributed by atoms with Crippen LogP contribution in [0.1, 0.15) is 31.9 Å². The van der Waals surface area contributed by atoms with Gasteiger partial charge >= 0.3 is 0 Å². The molecule has 2 atom stereocenters. The van der Waals surface area contributed by atoms with Crippen molar-refractivity contribution in [3.8, 4) is 5.75 Å². The lowest BCUT2D eigenvalue weighted by Gasteiger charge is -2.39. The zero-order valence-corrected chi connectivity index (χ0v) is 20.6. The average Bonchev–Trinajstić information content (AvgIpc) is 3.27. The SMILES string of the molecule is CCNC(=NCCc1ccc(OCC(N)=O)cc1)N1CCC(C)C(n2ccnc2)C1.I. The van der Waals surface area contributed by atoms with Crippen molar-refractivity contribution in [1.29, 1.82) is 0 Å². The molecule has 2 aromatic rings. The smallest absolute Gasteiger partial charge is 0.255 e. The van der Waals surface area contributed by atoms with E-state index >= 15 is 0 Å². The number of nitrogens with one attached hydrogen (secondary N) is 1. The molecule has 1 saturated heterocycles. The molecular formula is C22H33IN6O2. The molecule has 1 aliphatic heterocycles. The Bertz CT molecular complexity index is 825. The zero-order valence-electron chi connectivity index (χ0n) is 18.2. The van der Waals surface area contributed by atoms with Crippen molar-refractivity contribution in [1.82, 2.24) is 19.8 Å². The van der Waals surface area contributed by atoms with Crippen molar-refractivity contribution in [2.75, 3.05) is 32.8 Å². The highest BCUT2D eigenvalue weighted by Crippen LogP contribution is 2.27. The molecule has 1 aromatic heterocycles. The van der Waals surface area contributed by atoms with Crippen molar-refractivity contribution >= 4 is 35.8 Å². The Balaban J connectivity index is 0.00000341. The third-order valence-electron chi connectivity index (χ3n) is 5.43. The van der Waals surface area contributed by atoms with Crippen LogP contribution in [0.3, 0.4) is 0 Å². The highest BCUT2D eigenvalue weighted by Gasteiger charge is 2.28. The number of primary amides is 1. The number of hydrogen-bond acceptors (Lipinski definition) is 4. The van der Waals surface area contributed by atoms with E-state index < -0.39 is 5.91 Å². The number of guanidine groups is 1. The number of piperidine rings is 1. The van der Waals surface area contributed by atoms with Gasteiger partial charge in [0.25, 0.3) is 5.91 Å². The first kappa shape index (κ1) is 25.0. The third kappa shape index (κ3) is 7.41. The van der Waals surface area contributed by atoms with Crippen LogP contribution in [0.25, 0.3) is 0 Å². The molecule has 2 heterocycles. The summed E-state index contributed by atoms with van der Waals surface area (Å²) in [4.78, 5) is 22.2. The summed E-state index contributed by atoms with van der Waals surface area (Å²) in [5.74, 6) is 1.73. The van der Waals surface area contributed by atoms with E-state index in [1.54, 1.807) is 0 Å². The van der Waals surface area contributed by atoms with E-state index in [-0.39, 0.29) is 30.6 Å². The number of nitrogens with zero attached hydrogens (tertiary/aromatic N) is 4. The molecule has 31 heavy (non-hydrogen) atoms. The second-order valence-corrected chi connectivity index (χ2v) is 7.67. The Kier molecular flexibility index (Phi) is 10.1. The minimum absolute atomic E-state index is 0. The predicted octanol–water partition coefficient (Wildman–Crippen LogP) is 2.46. The Morgan fingerprint density at radius 3 is 2.77 bits per heavy atom. The molecular weight excluding hydrogens is 507 g/mol. The Morgan fingerprint density at radius 2 is 2.13 bits per heavy atom. The molecule has 1 amide bonds. The lowest BCUT2D eigenvalue weighted by Crippen LogP contribution is -2.49. The fourth-order valence-electron chi connectivity index (χ4n) is 3.72. The molecule has 0 radical (unpaired) electrons. The summed E-state index contributed by atoms with van der Waals surface area (Å²) < 4.78 is 7.51. The standard InChI is InChI=1S/C22H32N6O2.HI/c1-3-25-22(27-12-9-17(2)20(14-27)28-13-11-24-16-28)26-10-8-18-4-6-19(7-5-18)30-15-21(23)29;/h4-7,11,13,16-17,20H,3,8-10,12,14-15H2,1-2H3,(H2,23,29)(H,25,26);1H. The van der Waals surface area contributed by atoms with Crippen molar-refractivity contribution in [2.24, 2.45) is 16.6 Å². The number of aromatic nitrogens is 2. The summed E-state index contributed by atoms with van der Waals surface area (Å²) >= 11 is 0. The third-order valence-corrected chi connectivity index (χ3v) is 5.43. The van der Waals surface area contributed by atoms with Gasteiger partial charge in [-0.3, -0.25) is 9.79 Å². The fraction of sp³-hybridized carbons (Fsp3) is 0.500. The number of nitrogens with two attached hydrogens (primary N) is 1. The largest absolute Gasteiger partial charge is 0.484 e. The van der Waals surface area contributed by atoms with E-state index in [2.05, 4.69) is 33.6 Å². The number of likely N-dealkylation sites (tertiary alicyclic amines) is 1. The van der Waals surface area contributed by atoms with E-state index in [0.29, 0.717) is 24.3 Å². The molecule has 1 aliphatic rings. The van der Waals surface area contributed by atoms with Gasteiger partial charge < -0.3 is 25.3 Å². The summed E-state index contributed by atoms with van der Waals surface area (Å²) in [5, 5.41) is 3.44. The Hall–Kier alpha value is -2.30. The summed E-state index contributed by atoms with van der Waals surface area (Å²) in [6.45, 7) is 7.77. The summed E-state index contributed by atoms with van der Waals surface area (Å²) in [5.41, 5.74) is 6.27. The van der Waals surface area contributed by atoms with Crippen molar-refractivity contribution in [3.05, 3.63) is 48.5 Å². The number of amides is 1. The van der Waals surface area contributed by atoms with Crippen LogP contribution in [-0.2, 0) is 11.2 Å². The number of rotatable bonds is 8. The normalized spacial score (nSPS) is 18.9. The minimum atomic E-state index is -0.480. The number of aliphatic imine (C=N–C) groups is 1. The van der Waals surface area contributed by atoms with Crippen molar-refractivity contribution < 1.29 is 9.53 Å². The monoisotopic (exact) mass is 540 g/mol. The van der Waals surface area contributed by atoms with Crippen LogP contribution < -0.4 is 15.8 Å². The van der Waals surface area contributed by atoms with Crippen LogP contribution >= 0.6 is 24.0 Å².